The molecule has 0 aliphatic rings. The molecule has 0 amide bonds. The van der Waals surface area contributed by atoms with Crippen LogP contribution in [0, 0.1) is 13.8 Å². The van der Waals surface area contributed by atoms with Crippen molar-refractivity contribution >= 4 is 0 Å². The predicted octanol–water partition coefficient (Wildman–Crippen LogP) is 4.85. The fourth-order valence-electron chi connectivity index (χ4n) is 2.32. The van der Waals surface area contributed by atoms with Gasteiger partial charge in [-0.2, -0.15) is 0 Å². The van der Waals surface area contributed by atoms with E-state index in [1.54, 1.807) is 0 Å². The summed E-state index contributed by atoms with van der Waals surface area (Å²) in [6.45, 7) is 11.4. The Balaban J connectivity index is 2.26. The van der Waals surface area contributed by atoms with Crippen LogP contribution in [0.25, 0.3) is 0 Å². The monoisotopic (exact) mass is 283 g/mol. The van der Waals surface area contributed by atoms with Crippen molar-refractivity contribution < 1.29 is 4.74 Å². The Kier molecular flexibility index (Phi) is 4.38. The summed E-state index contributed by atoms with van der Waals surface area (Å²) in [5.74, 6) is 1.76. The highest BCUT2D eigenvalue weighted by Gasteiger charge is 2.15. The van der Waals surface area contributed by atoms with Gasteiger partial charge in [-0.15, -0.1) is 0 Å². The highest BCUT2D eigenvalue weighted by molar-refractivity contribution is 5.43. The Bertz CT molecular complexity index is 638. The first-order valence-electron chi connectivity index (χ1n) is 7.40. The largest absolute Gasteiger partial charge is 0.457 e. The maximum absolute atomic E-state index is 6.02. The van der Waals surface area contributed by atoms with Gasteiger partial charge < -0.3 is 10.5 Å². The van der Waals surface area contributed by atoms with E-state index in [0.717, 1.165) is 22.6 Å². The van der Waals surface area contributed by atoms with Gasteiger partial charge in [0, 0.05) is 6.54 Å². The first kappa shape index (κ1) is 15.6. The Hall–Kier alpha value is -1.80. The summed E-state index contributed by atoms with van der Waals surface area (Å²) in [5.41, 5.74) is 10.6. The molecule has 2 rings (SSSR count). The number of aryl methyl sites for hydroxylation is 2. The molecule has 0 aliphatic heterocycles. The standard InChI is InChI=1S/C19H25NO/c1-13-11-17(8-6-15(13)12-20)21-18-9-7-16(10-14(18)2)19(3,4)5/h6-11H,12,20H2,1-5H3. The van der Waals surface area contributed by atoms with Crippen molar-refractivity contribution in [3.05, 3.63) is 58.7 Å². The second-order valence-corrected chi connectivity index (χ2v) is 6.62. The van der Waals surface area contributed by atoms with Gasteiger partial charge in [-0.05, 0) is 59.7 Å². The van der Waals surface area contributed by atoms with E-state index in [1.165, 1.54) is 11.1 Å². The zero-order valence-corrected chi connectivity index (χ0v) is 13.7. The van der Waals surface area contributed by atoms with Gasteiger partial charge in [0.1, 0.15) is 11.5 Å². The molecule has 112 valence electrons. The van der Waals surface area contributed by atoms with Crippen molar-refractivity contribution in [3.8, 4) is 11.5 Å². The number of hydrogen-bond donors (Lipinski definition) is 1. The fraction of sp³-hybridized carbons (Fsp3) is 0.368. The Morgan fingerprint density at radius 2 is 1.67 bits per heavy atom. The lowest BCUT2D eigenvalue weighted by molar-refractivity contribution is 0.477. The van der Waals surface area contributed by atoms with Crippen LogP contribution < -0.4 is 10.5 Å². The summed E-state index contributed by atoms with van der Waals surface area (Å²) in [6.07, 6.45) is 0. The van der Waals surface area contributed by atoms with Gasteiger partial charge in [-0.1, -0.05) is 39.0 Å². The minimum Gasteiger partial charge on any atom is -0.457 e. The van der Waals surface area contributed by atoms with Gasteiger partial charge in [0.15, 0.2) is 0 Å². The third-order valence-corrected chi connectivity index (χ3v) is 3.80. The summed E-state index contributed by atoms with van der Waals surface area (Å²) in [7, 11) is 0. The van der Waals surface area contributed by atoms with Crippen LogP contribution in [0.5, 0.6) is 11.5 Å². The van der Waals surface area contributed by atoms with Crippen LogP contribution in [0.1, 0.15) is 43.0 Å². The van der Waals surface area contributed by atoms with Crippen molar-refractivity contribution in [2.45, 2.75) is 46.6 Å². The van der Waals surface area contributed by atoms with E-state index in [1.807, 2.05) is 18.2 Å². The maximum atomic E-state index is 6.02. The number of benzene rings is 2. The first-order chi connectivity index (χ1) is 9.81. The normalized spacial score (nSPS) is 11.5. The second kappa shape index (κ2) is 5.90. The van der Waals surface area contributed by atoms with E-state index in [0.29, 0.717) is 6.54 Å². The van der Waals surface area contributed by atoms with Crippen molar-refractivity contribution in [2.24, 2.45) is 5.73 Å². The molecule has 0 saturated carbocycles. The minimum absolute atomic E-state index is 0.155. The Labute approximate surface area is 127 Å². The summed E-state index contributed by atoms with van der Waals surface area (Å²) < 4.78 is 6.02. The maximum Gasteiger partial charge on any atom is 0.130 e. The molecule has 0 bridgehead atoms. The topological polar surface area (TPSA) is 35.2 Å². The van der Waals surface area contributed by atoms with Gasteiger partial charge in [0.2, 0.25) is 0 Å². The Morgan fingerprint density at radius 3 is 2.19 bits per heavy atom. The summed E-state index contributed by atoms with van der Waals surface area (Å²) >= 11 is 0. The molecule has 21 heavy (non-hydrogen) atoms. The molecule has 2 N–H and O–H groups in total. The molecule has 0 heterocycles. The van der Waals surface area contributed by atoms with Crippen LogP contribution in [0.15, 0.2) is 36.4 Å². The number of rotatable bonds is 3. The zero-order valence-electron chi connectivity index (χ0n) is 13.7. The fourth-order valence-corrected chi connectivity index (χ4v) is 2.32. The van der Waals surface area contributed by atoms with Crippen molar-refractivity contribution in [1.29, 1.82) is 0 Å². The molecule has 2 aromatic carbocycles. The van der Waals surface area contributed by atoms with E-state index < -0.39 is 0 Å². The zero-order chi connectivity index (χ0) is 15.6. The number of ether oxygens (including phenoxy) is 1. The average molecular weight is 283 g/mol. The van der Waals surface area contributed by atoms with E-state index >= 15 is 0 Å². The van der Waals surface area contributed by atoms with Gasteiger partial charge >= 0.3 is 0 Å². The number of nitrogens with two attached hydrogens (primary N) is 1. The molecule has 0 aromatic heterocycles. The lowest BCUT2D eigenvalue weighted by atomic mass is 9.86. The van der Waals surface area contributed by atoms with Gasteiger partial charge in [0.05, 0.1) is 0 Å². The molecule has 0 aliphatic carbocycles. The van der Waals surface area contributed by atoms with E-state index in [2.05, 4.69) is 52.8 Å². The molecule has 2 heteroatoms. The molecule has 0 unspecified atom stereocenters. The number of hydrogen-bond acceptors (Lipinski definition) is 2. The predicted molar refractivity (Wildman–Crippen MR) is 89.0 cm³/mol. The third kappa shape index (κ3) is 3.64. The van der Waals surface area contributed by atoms with Crippen LogP contribution in [0.4, 0.5) is 0 Å². The lowest BCUT2D eigenvalue weighted by Gasteiger charge is -2.20. The van der Waals surface area contributed by atoms with Crippen molar-refractivity contribution in [2.75, 3.05) is 0 Å². The molecule has 0 saturated heterocycles. The van der Waals surface area contributed by atoms with Gasteiger partial charge in [-0.3, -0.25) is 0 Å². The molecule has 0 atom stereocenters. The molecule has 0 radical (unpaired) electrons. The van der Waals surface area contributed by atoms with Crippen LogP contribution in [0.3, 0.4) is 0 Å². The van der Waals surface area contributed by atoms with Crippen LogP contribution in [-0.4, -0.2) is 0 Å². The average Bonchev–Trinajstić information content (AvgIpc) is 2.40. The minimum atomic E-state index is 0.155. The SMILES string of the molecule is Cc1cc(Oc2ccc(C(C)(C)C)cc2C)ccc1CN. The molecular weight excluding hydrogens is 258 g/mol. The van der Waals surface area contributed by atoms with E-state index in [9.17, 15) is 0 Å². The van der Waals surface area contributed by atoms with Gasteiger partial charge in [0.25, 0.3) is 0 Å². The van der Waals surface area contributed by atoms with Crippen molar-refractivity contribution in [1.82, 2.24) is 0 Å². The highest BCUT2D eigenvalue weighted by atomic mass is 16.5. The molecular formula is C19H25NO. The van der Waals surface area contributed by atoms with Crippen LogP contribution in [0.2, 0.25) is 0 Å². The summed E-state index contributed by atoms with van der Waals surface area (Å²) in [5, 5.41) is 0. The molecule has 0 spiro atoms. The molecule has 0 fully saturated rings. The van der Waals surface area contributed by atoms with Gasteiger partial charge in [-0.25, -0.2) is 0 Å². The second-order valence-electron chi connectivity index (χ2n) is 6.62. The molecule has 2 nitrogen and oxygen atoms in total. The summed E-state index contributed by atoms with van der Waals surface area (Å²) in [4.78, 5) is 0. The van der Waals surface area contributed by atoms with E-state index in [-0.39, 0.29) is 5.41 Å². The smallest absolute Gasteiger partial charge is 0.130 e. The highest BCUT2D eigenvalue weighted by Crippen LogP contribution is 2.31. The first-order valence-corrected chi connectivity index (χ1v) is 7.40. The van der Waals surface area contributed by atoms with Crippen LogP contribution >= 0.6 is 0 Å². The third-order valence-electron chi connectivity index (χ3n) is 3.80. The van der Waals surface area contributed by atoms with E-state index in [4.69, 9.17) is 10.5 Å². The lowest BCUT2D eigenvalue weighted by Crippen LogP contribution is -2.11. The molecule has 2 aromatic rings. The summed E-state index contributed by atoms with van der Waals surface area (Å²) in [6, 6.07) is 12.5. The quantitative estimate of drug-likeness (QED) is 0.873. The van der Waals surface area contributed by atoms with Crippen molar-refractivity contribution in [3.63, 3.8) is 0 Å². The van der Waals surface area contributed by atoms with Crippen LogP contribution in [-0.2, 0) is 12.0 Å². The Morgan fingerprint density at radius 1 is 0.952 bits per heavy atom.